The third-order valence-electron chi connectivity index (χ3n) is 19.4. The van der Waals surface area contributed by atoms with Crippen LogP contribution in [0.5, 0.6) is 0 Å². The largest absolute Gasteiger partial charge is 0.481 e. The monoisotopic (exact) mass is 1840 g/mol. The zero-order valence-corrected chi connectivity index (χ0v) is 80.1. The first kappa shape index (κ1) is 126. The number of carboxylic acids is 6. The molecule has 38 heteroatoms. The molecule has 0 aliphatic rings. The number of amides is 2. The van der Waals surface area contributed by atoms with E-state index in [0.29, 0.717) is 135 Å². The lowest BCUT2D eigenvalue weighted by Crippen LogP contribution is -2.47. The summed E-state index contributed by atoms with van der Waals surface area (Å²) in [6, 6.07) is -2.65. The fourth-order valence-electron chi connectivity index (χ4n) is 14.0. The lowest BCUT2D eigenvalue weighted by molar-refractivity contribution is -0.157. The molecule has 0 radical (unpaired) electrons. The van der Waals surface area contributed by atoms with E-state index >= 15 is 0 Å². The number of Topliss-reactive ketones (excluding diaryl/α,β-unsaturated/α-hetero) is 11. The zero-order chi connectivity index (χ0) is 99.7. The highest BCUT2D eigenvalue weighted by Gasteiger charge is 2.36. The molecule has 0 aromatic rings. The van der Waals surface area contributed by atoms with Crippen LogP contribution in [0.3, 0.4) is 0 Å². The molecule has 6 atom stereocenters. The van der Waals surface area contributed by atoms with Gasteiger partial charge in [0.25, 0.3) is 0 Å². The van der Waals surface area contributed by atoms with Crippen LogP contribution in [0.2, 0.25) is 0 Å². The number of nitrogens with zero attached hydrogens (tertiary/aromatic N) is 6. The van der Waals surface area contributed by atoms with Crippen molar-refractivity contribution in [2.24, 2.45) is 23.5 Å². The average Bonchev–Trinajstić information content (AvgIpc) is 0.865. The summed E-state index contributed by atoms with van der Waals surface area (Å²) in [4.78, 5) is 260. The average molecular weight is 1840 g/mol. The standard InChI is InChI=1S/C33H57N3O8.C29H51N3O7.C25H41N3O12.C4H8O2/c1-9-14-31(42)34-17-12-10-15-28(27(5)40)19-30(41)29(36(21-25(3)38)22-26(4)39)16-11-13-18-35(20-24(2)37)23-32(43)44-33(6,7)8;1-21(33)17-31(20-28(38)39-29(5,6)7)15-11-9-13-26(32(18-22(2)34)19-23(3)35)27(37)16-25(24(4)36)12-8-10-14-30;1-2-7-20(30)26-10-5-3-8-17(25(39)40)12-19(29)18(28(15-23(35)36)16-24(37)38)9-4-6-11-27(13-21(31)32)14-22(33)34;1-2-3-4(5)6/h28-29H,9-23H2,1-8H3,(H,34,42);25-26H,8-20,30H2,1-7H3;17-18H,2-16H2,1H3,(H,26,30)(H,31,32)(H,33,34)(H,35,36)(H,37,38)(H,39,40);2-3H2,1H3,(H,5,6)/t28-,29+;25-,26+;17-,18+;/m111./s1. The first-order chi connectivity index (χ1) is 60.0. The molecule has 740 valence electrons. The van der Waals surface area contributed by atoms with Crippen molar-refractivity contribution >= 4 is 123 Å². The van der Waals surface area contributed by atoms with Gasteiger partial charge in [-0.2, -0.15) is 0 Å². The van der Waals surface area contributed by atoms with E-state index in [4.69, 9.17) is 30.5 Å². The smallest absolute Gasteiger partial charge is 0.320 e. The number of ketones is 11. The number of ether oxygens (including phenoxy) is 2. The minimum Gasteiger partial charge on any atom is -0.481 e. The number of hydrogen-bond acceptors (Lipinski definition) is 30. The third kappa shape index (κ3) is 74.2. The van der Waals surface area contributed by atoms with Gasteiger partial charge in [-0.25, -0.2) is 0 Å². The molecule has 0 heterocycles. The van der Waals surface area contributed by atoms with Crippen LogP contribution >= 0.6 is 0 Å². The Morgan fingerprint density at radius 1 is 0.310 bits per heavy atom. The zero-order valence-electron chi connectivity index (χ0n) is 80.1. The Balaban J connectivity index is -0.000000879. The van der Waals surface area contributed by atoms with Gasteiger partial charge in [0.1, 0.15) is 57.5 Å². The van der Waals surface area contributed by atoms with Crippen molar-refractivity contribution < 1.29 is 141 Å². The predicted molar refractivity (Wildman–Crippen MR) is 481 cm³/mol. The summed E-state index contributed by atoms with van der Waals surface area (Å²) in [5, 5.41) is 59.6. The molecule has 0 fully saturated rings. The van der Waals surface area contributed by atoms with E-state index in [2.05, 4.69) is 10.6 Å². The summed E-state index contributed by atoms with van der Waals surface area (Å²) in [6.45, 7) is 27.4. The van der Waals surface area contributed by atoms with Crippen LogP contribution < -0.4 is 16.4 Å². The Morgan fingerprint density at radius 2 is 0.574 bits per heavy atom. The van der Waals surface area contributed by atoms with Crippen LogP contribution in [0.15, 0.2) is 0 Å². The van der Waals surface area contributed by atoms with Crippen molar-refractivity contribution in [3.8, 4) is 0 Å². The van der Waals surface area contributed by atoms with Crippen LogP contribution in [0, 0.1) is 17.8 Å². The second-order valence-corrected chi connectivity index (χ2v) is 35.1. The van der Waals surface area contributed by atoms with E-state index in [1.165, 1.54) is 60.3 Å². The molecule has 129 heavy (non-hydrogen) atoms. The number of carbonyl (C=O) groups excluding carboxylic acids is 15. The van der Waals surface area contributed by atoms with Gasteiger partial charge in [-0.05, 0) is 219 Å². The Morgan fingerprint density at radius 3 is 0.814 bits per heavy atom. The molecule has 10 N–H and O–H groups in total. The fourth-order valence-corrected chi connectivity index (χ4v) is 14.0. The fraction of sp³-hybridized carbons (Fsp3) is 0.769. The van der Waals surface area contributed by atoms with Gasteiger partial charge in [0, 0.05) is 63.5 Å². The van der Waals surface area contributed by atoms with Crippen molar-refractivity contribution in [2.75, 3.05) is 118 Å². The number of nitrogens with two attached hydrogens (primary N) is 1. The molecule has 0 spiro atoms. The quantitative estimate of drug-likeness (QED) is 0.0216. The number of unbranched alkanes of at least 4 members (excludes halogenated alkanes) is 6. The second kappa shape index (κ2) is 72.5. The summed E-state index contributed by atoms with van der Waals surface area (Å²) >= 11 is 0. The number of aliphatic carboxylic acids is 6. The van der Waals surface area contributed by atoms with Crippen LogP contribution in [-0.2, 0) is 110 Å². The number of carbonyl (C=O) groups is 21. The van der Waals surface area contributed by atoms with Gasteiger partial charge in [0.15, 0.2) is 17.3 Å². The summed E-state index contributed by atoms with van der Waals surface area (Å²) < 4.78 is 10.8. The van der Waals surface area contributed by atoms with Gasteiger partial charge in [0.2, 0.25) is 11.8 Å². The van der Waals surface area contributed by atoms with Crippen LogP contribution in [-0.4, -0.2) is 330 Å². The Hall–Kier alpha value is -9.21. The summed E-state index contributed by atoms with van der Waals surface area (Å²) in [6.07, 6.45) is 11.2. The SMILES string of the molecule is CC(=O)CN(CCCC[C@@H](C(=O)C[C@@H](CCCCN)C(C)=O)N(CC(C)=O)CC(C)=O)CC(=O)OC(C)(C)C.CCCC(=O)NCCCC[C@H](CC(=O)[C@H](CCCCN(CC(=O)O)CC(=O)O)N(CC(=O)O)CC(=O)O)C(=O)O.CCCC(=O)NCCCC[C@H](CC(=O)[C@H](CCCCN(CC(C)=O)CC(=O)OC(C)(C)C)N(CC(C)=O)CC(C)=O)C(C)=O.CCCC(=O)O. The van der Waals surface area contributed by atoms with Gasteiger partial charge in [0.05, 0.1) is 103 Å². The van der Waals surface area contributed by atoms with Gasteiger partial charge >= 0.3 is 47.8 Å². The maximum Gasteiger partial charge on any atom is 0.320 e. The van der Waals surface area contributed by atoms with Crippen molar-refractivity contribution in [3.63, 3.8) is 0 Å². The van der Waals surface area contributed by atoms with Crippen LogP contribution in [0.4, 0.5) is 0 Å². The highest BCUT2D eigenvalue weighted by Crippen LogP contribution is 2.25. The maximum absolute atomic E-state index is 13.7. The molecule has 0 saturated carbocycles. The molecular formula is C91H157N9O29. The number of hydrogen-bond donors (Lipinski definition) is 9. The van der Waals surface area contributed by atoms with E-state index in [9.17, 15) is 116 Å². The molecule has 0 rings (SSSR count). The molecule has 0 bridgehead atoms. The summed E-state index contributed by atoms with van der Waals surface area (Å²) in [7, 11) is 0. The third-order valence-corrected chi connectivity index (χ3v) is 19.4. The van der Waals surface area contributed by atoms with E-state index < -0.39 is 133 Å². The van der Waals surface area contributed by atoms with Crippen molar-refractivity contribution in [1.29, 1.82) is 0 Å². The highest BCUT2D eigenvalue weighted by atomic mass is 16.6. The Bertz CT molecular complexity index is 3460. The van der Waals surface area contributed by atoms with E-state index in [-0.39, 0.29) is 167 Å². The predicted octanol–water partition coefficient (Wildman–Crippen LogP) is 7.11. The maximum atomic E-state index is 13.7. The molecular weight excluding hydrogens is 1680 g/mol. The van der Waals surface area contributed by atoms with Gasteiger partial charge < -0.3 is 56.5 Å². The van der Waals surface area contributed by atoms with Crippen LogP contribution in [0.25, 0.3) is 0 Å². The van der Waals surface area contributed by atoms with Gasteiger partial charge in [-0.3, -0.25) is 130 Å². The first-order valence-corrected chi connectivity index (χ1v) is 45.0. The molecule has 2 amide bonds. The summed E-state index contributed by atoms with van der Waals surface area (Å²) in [5.74, 6) is -12.2. The lowest BCUT2D eigenvalue weighted by atomic mass is 9.88. The highest BCUT2D eigenvalue weighted by molar-refractivity contribution is 5.93. The molecule has 0 aromatic heterocycles. The molecule has 0 unspecified atom stereocenters. The minimum atomic E-state index is -1.38. The minimum absolute atomic E-state index is 0.000995. The number of esters is 2. The van der Waals surface area contributed by atoms with E-state index in [1.807, 2.05) is 20.8 Å². The Kier molecular flexibility index (Phi) is 70.8. The molecule has 38 nitrogen and oxygen atoms in total. The second-order valence-electron chi connectivity index (χ2n) is 35.1. The number of carboxylic acid groups (broad SMARTS) is 6. The van der Waals surface area contributed by atoms with E-state index in [0.717, 1.165) is 30.6 Å². The molecule has 0 aliphatic heterocycles. The van der Waals surface area contributed by atoms with Crippen molar-refractivity contribution in [3.05, 3.63) is 0 Å². The number of rotatable bonds is 74. The summed E-state index contributed by atoms with van der Waals surface area (Å²) in [5.41, 5.74) is 4.29. The van der Waals surface area contributed by atoms with Crippen LogP contribution in [0.1, 0.15) is 291 Å². The Labute approximate surface area is 762 Å². The molecule has 0 aliphatic carbocycles. The first-order valence-electron chi connectivity index (χ1n) is 45.0. The lowest BCUT2D eigenvalue weighted by Gasteiger charge is -2.30. The molecule has 0 saturated heterocycles. The van der Waals surface area contributed by atoms with Gasteiger partial charge in [-0.15, -0.1) is 0 Å². The van der Waals surface area contributed by atoms with Gasteiger partial charge in [-0.1, -0.05) is 59.3 Å². The topological polar surface area (TPSA) is 568 Å². The molecule has 0 aromatic carbocycles. The van der Waals surface area contributed by atoms with Crippen molar-refractivity contribution in [1.82, 2.24) is 40.0 Å². The number of nitrogens with one attached hydrogen (secondary N) is 2. The van der Waals surface area contributed by atoms with Crippen molar-refractivity contribution in [2.45, 2.75) is 320 Å². The normalized spacial score (nSPS) is 12.7. The van der Waals surface area contributed by atoms with E-state index in [1.54, 1.807) is 61.1 Å².